The molecule has 0 amide bonds. The predicted octanol–water partition coefficient (Wildman–Crippen LogP) is 2.34. The van der Waals surface area contributed by atoms with E-state index in [4.69, 9.17) is 9.47 Å². The number of benzene rings is 1. The Hall–Kier alpha value is -2.35. The molecule has 0 bridgehead atoms. The van der Waals surface area contributed by atoms with Crippen LogP contribution in [-0.4, -0.2) is 33.4 Å². The topological polar surface area (TPSA) is 59.8 Å². The van der Waals surface area contributed by atoms with Crippen molar-refractivity contribution in [2.24, 2.45) is 0 Å². The van der Waals surface area contributed by atoms with Crippen LogP contribution in [0.3, 0.4) is 0 Å². The standard InChI is InChI=1S/C14H15F2N3O3/c1-18(7-13-17-2-3-19(13)14(15)16)6-9-4-11-12(5-10(9)20)22-8-21-11/h2-5,14,20H,6-8H2,1H3. The van der Waals surface area contributed by atoms with E-state index in [9.17, 15) is 13.9 Å². The lowest BCUT2D eigenvalue weighted by atomic mass is 10.1. The number of hydrogen-bond donors (Lipinski definition) is 1. The molecule has 0 saturated carbocycles. The fourth-order valence-corrected chi connectivity index (χ4v) is 2.33. The molecule has 0 fully saturated rings. The van der Waals surface area contributed by atoms with Crippen molar-refractivity contribution in [2.45, 2.75) is 19.6 Å². The van der Waals surface area contributed by atoms with Gasteiger partial charge in [-0.25, -0.2) is 4.98 Å². The summed E-state index contributed by atoms with van der Waals surface area (Å²) in [5.41, 5.74) is 0.627. The zero-order valence-corrected chi connectivity index (χ0v) is 11.9. The molecule has 1 N–H and O–H groups in total. The molecular formula is C14H15F2N3O3. The van der Waals surface area contributed by atoms with E-state index in [-0.39, 0.29) is 24.9 Å². The first kappa shape index (κ1) is 14.6. The molecule has 1 aliphatic rings. The molecule has 8 heteroatoms. The van der Waals surface area contributed by atoms with Crippen LogP contribution in [0.5, 0.6) is 17.2 Å². The highest BCUT2D eigenvalue weighted by Gasteiger charge is 2.19. The minimum absolute atomic E-state index is 0.0771. The lowest BCUT2D eigenvalue weighted by Crippen LogP contribution is -2.20. The number of hydrogen-bond acceptors (Lipinski definition) is 5. The molecule has 2 aromatic rings. The van der Waals surface area contributed by atoms with Gasteiger partial charge in [0.1, 0.15) is 11.6 Å². The summed E-state index contributed by atoms with van der Waals surface area (Å²) in [6.45, 7) is -1.91. The van der Waals surface area contributed by atoms with Gasteiger partial charge in [-0.2, -0.15) is 8.78 Å². The van der Waals surface area contributed by atoms with Crippen LogP contribution in [0, 0.1) is 0 Å². The molecule has 6 nitrogen and oxygen atoms in total. The first-order valence-corrected chi connectivity index (χ1v) is 6.64. The molecule has 1 aromatic heterocycles. The summed E-state index contributed by atoms with van der Waals surface area (Å²) < 4.78 is 36.8. The van der Waals surface area contributed by atoms with Crippen LogP contribution in [0.15, 0.2) is 24.5 Å². The van der Waals surface area contributed by atoms with Gasteiger partial charge < -0.3 is 14.6 Å². The summed E-state index contributed by atoms with van der Waals surface area (Å²) in [4.78, 5) is 5.71. The minimum atomic E-state index is -2.62. The third-order valence-corrected chi connectivity index (χ3v) is 3.38. The number of aromatic nitrogens is 2. The van der Waals surface area contributed by atoms with E-state index in [2.05, 4.69) is 4.98 Å². The molecule has 0 aliphatic carbocycles. The van der Waals surface area contributed by atoms with Gasteiger partial charge in [-0.05, 0) is 13.1 Å². The third kappa shape index (κ3) is 2.82. The molecule has 22 heavy (non-hydrogen) atoms. The molecular weight excluding hydrogens is 296 g/mol. The van der Waals surface area contributed by atoms with Gasteiger partial charge in [0.15, 0.2) is 11.5 Å². The van der Waals surface area contributed by atoms with Crippen LogP contribution in [0.2, 0.25) is 0 Å². The van der Waals surface area contributed by atoms with E-state index in [1.54, 1.807) is 18.0 Å². The number of nitrogens with zero attached hydrogens (tertiary/aromatic N) is 3. The average molecular weight is 311 g/mol. The summed E-state index contributed by atoms with van der Waals surface area (Å²) in [7, 11) is 1.76. The number of alkyl halides is 2. The minimum Gasteiger partial charge on any atom is -0.507 e. The number of imidazole rings is 1. The zero-order chi connectivity index (χ0) is 15.7. The molecule has 0 radical (unpaired) electrons. The Morgan fingerprint density at radius 1 is 1.32 bits per heavy atom. The number of halogens is 2. The Morgan fingerprint density at radius 2 is 2.05 bits per heavy atom. The van der Waals surface area contributed by atoms with Gasteiger partial charge in [-0.15, -0.1) is 0 Å². The first-order chi connectivity index (χ1) is 10.5. The lowest BCUT2D eigenvalue weighted by Gasteiger charge is -2.18. The Bertz CT molecular complexity index is 675. The molecule has 118 valence electrons. The van der Waals surface area contributed by atoms with Gasteiger partial charge in [0.25, 0.3) is 0 Å². The summed E-state index contributed by atoms with van der Waals surface area (Å²) in [6, 6.07) is 3.18. The van der Waals surface area contributed by atoms with Gasteiger partial charge in [-0.3, -0.25) is 9.47 Å². The number of ether oxygens (including phenoxy) is 2. The van der Waals surface area contributed by atoms with E-state index < -0.39 is 6.55 Å². The first-order valence-electron chi connectivity index (χ1n) is 6.64. The van der Waals surface area contributed by atoms with Crippen molar-refractivity contribution >= 4 is 0 Å². The van der Waals surface area contributed by atoms with E-state index >= 15 is 0 Å². The van der Waals surface area contributed by atoms with Gasteiger partial charge in [-0.1, -0.05) is 0 Å². The van der Waals surface area contributed by atoms with E-state index in [0.29, 0.717) is 23.6 Å². The van der Waals surface area contributed by atoms with Crippen LogP contribution in [0.1, 0.15) is 17.9 Å². The second-order valence-corrected chi connectivity index (χ2v) is 5.03. The smallest absolute Gasteiger partial charge is 0.319 e. The Morgan fingerprint density at radius 3 is 2.77 bits per heavy atom. The number of aromatic hydroxyl groups is 1. The Kier molecular flexibility index (Phi) is 3.84. The van der Waals surface area contributed by atoms with Gasteiger partial charge >= 0.3 is 6.55 Å². The molecule has 1 aliphatic heterocycles. The van der Waals surface area contributed by atoms with E-state index in [1.807, 2.05) is 0 Å². The third-order valence-electron chi connectivity index (χ3n) is 3.38. The summed E-state index contributed by atoms with van der Waals surface area (Å²) in [6.07, 6.45) is 2.58. The number of fused-ring (bicyclic) bond motifs is 1. The quantitative estimate of drug-likeness (QED) is 0.918. The van der Waals surface area contributed by atoms with Crippen molar-refractivity contribution in [1.29, 1.82) is 0 Å². The second kappa shape index (κ2) is 5.80. The molecule has 0 atom stereocenters. The van der Waals surface area contributed by atoms with Gasteiger partial charge in [0.2, 0.25) is 6.79 Å². The van der Waals surface area contributed by atoms with Crippen LogP contribution in [0.4, 0.5) is 8.78 Å². The highest BCUT2D eigenvalue weighted by Crippen LogP contribution is 2.38. The van der Waals surface area contributed by atoms with E-state index in [1.165, 1.54) is 18.5 Å². The fraction of sp³-hybridized carbons (Fsp3) is 0.357. The summed E-state index contributed by atoms with van der Waals surface area (Å²) in [5, 5.41) is 9.99. The SMILES string of the molecule is CN(Cc1cc2c(cc1O)OCO2)Cc1nccn1C(F)F. The van der Waals surface area contributed by atoms with Crippen LogP contribution < -0.4 is 9.47 Å². The van der Waals surface area contributed by atoms with Gasteiger partial charge in [0, 0.05) is 30.6 Å². The highest BCUT2D eigenvalue weighted by atomic mass is 19.3. The maximum Gasteiger partial charge on any atom is 0.319 e. The predicted molar refractivity (Wildman–Crippen MR) is 72.9 cm³/mol. The molecule has 2 heterocycles. The molecule has 0 saturated heterocycles. The summed E-state index contributed by atoms with van der Waals surface area (Å²) >= 11 is 0. The zero-order valence-electron chi connectivity index (χ0n) is 11.9. The largest absolute Gasteiger partial charge is 0.507 e. The maximum atomic E-state index is 12.8. The molecule has 0 spiro atoms. The van der Waals surface area contributed by atoms with Crippen molar-refractivity contribution < 1.29 is 23.4 Å². The van der Waals surface area contributed by atoms with Crippen molar-refractivity contribution in [1.82, 2.24) is 14.5 Å². The fourth-order valence-electron chi connectivity index (χ4n) is 2.33. The highest BCUT2D eigenvalue weighted by molar-refractivity contribution is 5.51. The number of phenolic OH excluding ortho intramolecular Hbond substituents is 1. The Balaban J connectivity index is 1.72. The average Bonchev–Trinajstić information content (AvgIpc) is 3.07. The molecule has 0 unspecified atom stereocenters. The van der Waals surface area contributed by atoms with Crippen molar-refractivity contribution in [2.75, 3.05) is 13.8 Å². The lowest BCUT2D eigenvalue weighted by molar-refractivity contribution is 0.0644. The van der Waals surface area contributed by atoms with Crippen LogP contribution >= 0.6 is 0 Å². The molecule has 1 aromatic carbocycles. The molecule has 3 rings (SSSR count). The van der Waals surface area contributed by atoms with Crippen molar-refractivity contribution in [3.8, 4) is 17.2 Å². The van der Waals surface area contributed by atoms with E-state index in [0.717, 1.165) is 4.57 Å². The van der Waals surface area contributed by atoms with Crippen molar-refractivity contribution in [3.63, 3.8) is 0 Å². The summed E-state index contributed by atoms with van der Waals surface area (Å²) in [5.74, 6) is 1.40. The Labute approximate surface area is 125 Å². The van der Waals surface area contributed by atoms with Crippen molar-refractivity contribution in [3.05, 3.63) is 35.9 Å². The van der Waals surface area contributed by atoms with Gasteiger partial charge in [0.05, 0.1) is 6.54 Å². The maximum absolute atomic E-state index is 12.8. The monoisotopic (exact) mass is 311 g/mol. The van der Waals surface area contributed by atoms with Crippen LogP contribution in [0.25, 0.3) is 0 Å². The normalized spacial score (nSPS) is 13.3. The second-order valence-electron chi connectivity index (χ2n) is 5.03. The van der Waals surface area contributed by atoms with Crippen LogP contribution in [-0.2, 0) is 13.1 Å². The number of phenols is 1. The number of rotatable bonds is 5.